The van der Waals surface area contributed by atoms with Gasteiger partial charge in [0.25, 0.3) is 0 Å². The summed E-state index contributed by atoms with van der Waals surface area (Å²) in [7, 11) is 0. The first-order valence-corrected chi connectivity index (χ1v) is 6.61. The predicted octanol–water partition coefficient (Wildman–Crippen LogP) is 2.59. The molecule has 0 unspecified atom stereocenters. The molecule has 1 N–H and O–H groups in total. The number of likely N-dealkylation sites (tertiary alicyclic amines) is 1. The van der Waals surface area contributed by atoms with Gasteiger partial charge in [-0.2, -0.15) is 0 Å². The molecule has 1 aromatic rings. The third-order valence-corrected chi connectivity index (χ3v) is 4.07. The molecule has 0 spiro atoms. The number of carbonyl (C=O) groups is 1. The number of hydrogen-bond donors (Lipinski definition) is 1. The molecule has 1 fully saturated rings. The van der Waals surface area contributed by atoms with Crippen LogP contribution in [0.2, 0.25) is 0 Å². The van der Waals surface area contributed by atoms with Crippen LogP contribution >= 0.6 is 0 Å². The van der Waals surface area contributed by atoms with Crippen LogP contribution < -0.4 is 0 Å². The van der Waals surface area contributed by atoms with Gasteiger partial charge in [-0.1, -0.05) is 37.3 Å². The summed E-state index contributed by atoms with van der Waals surface area (Å²) in [5, 5.41) is 9.06. The van der Waals surface area contributed by atoms with Crippen molar-refractivity contribution in [1.82, 2.24) is 4.90 Å². The molecule has 0 saturated carbocycles. The first-order chi connectivity index (χ1) is 8.59. The number of nitrogens with zero attached hydrogens (tertiary/aromatic N) is 1. The van der Waals surface area contributed by atoms with Gasteiger partial charge in [-0.25, -0.2) is 0 Å². The quantitative estimate of drug-likeness (QED) is 0.892. The minimum absolute atomic E-state index is 0.371. The third-order valence-electron chi connectivity index (χ3n) is 4.07. The van der Waals surface area contributed by atoms with E-state index in [1.54, 1.807) is 6.92 Å². The molecule has 0 radical (unpaired) electrons. The van der Waals surface area contributed by atoms with Crippen LogP contribution in [0, 0.1) is 5.92 Å². The van der Waals surface area contributed by atoms with Crippen molar-refractivity contribution in [2.45, 2.75) is 32.2 Å². The van der Waals surface area contributed by atoms with E-state index in [0.717, 1.165) is 19.5 Å². The highest BCUT2D eigenvalue weighted by Gasteiger charge is 2.31. The van der Waals surface area contributed by atoms with Gasteiger partial charge in [0, 0.05) is 6.54 Å². The summed E-state index contributed by atoms with van der Waals surface area (Å²) in [6.45, 7) is 5.74. The minimum atomic E-state index is -0.722. The van der Waals surface area contributed by atoms with Gasteiger partial charge < -0.3 is 5.11 Å². The molecule has 1 aliphatic rings. The SMILES string of the molecule is C[C@@H]1CN([C@@H](C)C(=O)O)CC[C@H]1c1ccccc1. The van der Waals surface area contributed by atoms with E-state index in [0.29, 0.717) is 11.8 Å². The van der Waals surface area contributed by atoms with E-state index in [2.05, 4.69) is 36.1 Å². The Labute approximate surface area is 108 Å². The number of carboxylic acid groups (broad SMARTS) is 1. The fourth-order valence-corrected chi connectivity index (χ4v) is 2.88. The predicted molar refractivity (Wildman–Crippen MR) is 71.6 cm³/mol. The normalized spacial score (nSPS) is 26.8. The van der Waals surface area contributed by atoms with Crippen LogP contribution in [0.5, 0.6) is 0 Å². The summed E-state index contributed by atoms with van der Waals surface area (Å²) in [4.78, 5) is 13.1. The minimum Gasteiger partial charge on any atom is -0.480 e. The summed E-state index contributed by atoms with van der Waals surface area (Å²) in [6.07, 6.45) is 1.04. The van der Waals surface area contributed by atoms with E-state index in [9.17, 15) is 4.79 Å². The van der Waals surface area contributed by atoms with Crippen LogP contribution in [-0.2, 0) is 4.79 Å². The fourth-order valence-electron chi connectivity index (χ4n) is 2.88. The molecule has 0 bridgehead atoms. The lowest BCUT2D eigenvalue weighted by atomic mass is 9.81. The number of rotatable bonds is 3. The van der Waals surface area contributed by atoms with Gasteiger partial charge in [-0.05, 0) is 37.3 Å². The van der Waals surface area contributed by atoms with Gasteiger partial charge in [0.2, 0.25) is 0 Å². The molecule has 1 heterocycles. The molecule has 0 amide bonds. The average molecular weight is 247 g/mol. The lowest BCUT2D eigenvalue weighted by Crippen LogP contribution is -2.46. The highest BCUT2D eigenvalue weighted by molar-refractivity contribution is 5.72. The zero-order chi connectivity index (χ0) is 13.1. The number of carboxylic acids is 1. The van der Waals surface area contributed by atoms with Crippen LogP contribution in [-0.4, -0.2) is 35.1 Å². The van der Waals surface area contributed by atoms with Crippen molar-refractivity contribution in [3.05, 3.63) is 35.9 Å². The van der Waals surface area contributed by atoms with Crippen molar-refractivity contribution in [2.24, 2.45) is 5.92 Å². The number of aliphatic carboxylic acids is 1. The Balaban J connectivity index is 2.03. The molecule has 1 aromatic carbocycles. The van der Waals surface area contributed by atoms with E-state index in [1.165, 1.54) is 5.56 Å². The summed E-state index contributed by atoms with van der Waals surface area (Å²) in [6, 6.07) is 10.2. The van der Waals surface area contributed by atoms with Gasteiger partial charge in [0.15, 0.2) is 0 Å². The lowest BCUT2D eigenvalue weighted by molar-refractivity contribution is -0.143. The fraction of sp³-hybridized carbons (Fsp3) is 0.533. The highest BCUT2D eigenvalue weighted by atomic mass is 16.4. The van der Waals surface area contributed by atoms with E-state index in [4.69, 9.17) is 5.11 Å². The Morgan fingerprint density at radius 3 is 2.61 bits per heavy atom. The maximum atomic E-state index is 11.0. The summed E-state index contributed by atoms with van der Waals surface area (Å²) >= 11 is 0. The second-order valence-electron chi connectivity index (χ2n) is 5.29. The Hall–Kier alpha value is -1.35. The molecular formula is C15H21NO2. The Morgan fingerprint density at radius 2 is 2.06 bits per heavy atom. The largest absolute Gasteiger partial charge is 0.480 e. The van der Waals surface area contributed by atoms with Crippen LogP contribution in [0.1, 0.15) is 31.7 Å². The van der Waals surface area contributed by atoms with Crippen molar-refractivity contribution < 1.29 is 9.90 Å². The molecule has 3 atom stereocenters. The summed E-state index contributed by atoms with van der Waals surface area (Å²) in [5.74, 6) is 0.340. The zero-order valence-corrected chi connectivity index (χ0v) is 11.0. The van der Waals surface area contributed by atoms with Crippen LogP contribution in [0.4, 0.5) is 0 Å². The average Bonchev–Trinajstić information content (AvgIpc) is 2.38. The standard InChI is InChI=1S/C15H21NO2/c1-11-10-16(12(2)15(17)18)9-8-14(11)13-6-4-3-5-7-13/h3-7,11-12,14H,8-10H2,1-2H3,(H,17,18)/t11-,12+,14-/m1/s1. The van der Waals surface area contributed by atoms with Crippen molar-refractivity contribution in [3.8, 4) is 0 Å². The Kier molecular flexibility index (Phi) is 4.02. The third kappa shape index (κ3) is 2.72. The lowest BCUT2D eigenvalue weighted by Gasteiger charge is -2.39. The van der Waals surface area contributed by atoms with Crippen molar-refractivity contribution in [3.63, 3.8) is 0 Å². The maximum Gasteiger partial charge on any atom is 0.320 e. The number of hydrogen-bond acceptors (Lipinski definition) is 2. The Bertz CT molecular complexity index is 404. The summed E-state index contributed by atoms with van der Waals surface area (Å²) < 4.78 is 0. The van der Waals surface area contributed by atoms with E-state index in [1.807, 2.05) is 6.07 Å². The van der Waals surface area contributed by atoms with Gasteiger partial charge in [0.05, 0.1) is 0 Å². The molecule has 1 aliphatic heterocycles. The van der Waals surface area contributed by atoms with E-state index < -0.39 is 5.97 Å². The molecule has 1 saturated heterocycles. The highest BCUT2D eigenvalue weighted by Crippen LogP contribution is 2.33. The smallest absolute Gasteiger partial charge is 0.320 e. The van der Waals surface area contributed by atoms with Gasteiger partial charge in [-0.15, -0.1) is 0 Å². The molecule has 2 rings (SSSR count). The Morgan fingerprint density at radius 1 is 1.39 bits per heavy atom. The van der Waals surface area contributed by atoms with Crippen molar-refractivity contribution >= 4 is 5.97 Å². The van der Waals surface area contributed by atoms with Crippen LogP contribution in [0.25, 0.3) is 0 Å². The van der Waals surface area contributed by atoms with E-state index >= 15 is 0 Å². The molecule has 98 valence electrons. The molecule has 0 aliphatic carbocycles. The second kappa shape index (κ2) is 5.53. The molecule has 0 aromatic heterocycles. The first kappa shape index (κ1) is 13.1. The molecular weight excluding hydrogens is 226 g/mol. The van der Waals surface area contributed by atoms with Crippen LogP contribution in [0.3, 0.4) is 0 Å². The van der Waals surface area contributed by atoms with Gasteiger partial charge >= 0.3 is 5.97 Å². The topological polar surface area (TPSA) is 40.5 Å². The number of piperidine rings is 1. The number of benzene rings is 1. The van der Waals surface area contributed by atoms with Gasteiger partial charge in [-0.3, -0.25) is 9.69 Å². The molecule has 3 nitrogen and oxygen atoms in total. The second-order valence-corrected chi connectivity index (χ2v) is 5.29. The summed E-state index contributed by atoms with van der Waals surface area (Å²) in [5.41, 5.74) is 1.38. The molecule has 18 heavy (non-hydrogen) atoms. The van der Waals surface area contributed by atoms with Crippen molar-refractivity contribution in [2.75, 3.05) is 13.1 Å². The van der Waals surface area contributed by atoms with E-state index in [-0.39, 0.29) is 6.04 Å². The molecule has 3 heteroatoms. The van der Waals surface area contributed by atoms with Crippen molar-refractivity contribution in [1.29, 1.82) is 0 Å². The first-order valence-electron chi connectivity index (χ1n) is 6.61. The zero-order valence-electron chi connectivity index (χ0n) is 11.0. The van der Waals surface area contributed by atoms with Crippen LogP contribution in [0.15, 0.2) is 30.3 Å². The monoisotopic (exact) mass is 247 g/mol. The maximum absolute atomic E-state index is 11.0. The van der Waals surface area contributed by atoms with Gasteiger partial charge in [0.1, 0.15) is 6.04 Å².